The molecule has 0 spiro atoms. The van der Waals surface area contributed by atoms with Gasteiger partial charge >= 0.3 is 0 Å². The summed E-state index contributed by atoms with van der Waals surface area (Å²) in [6.45, 7) is 6.37. The number of halogens is 2. The molecule has 0 aliphatic rings. The Kier molecular flexibility index (Phi) is 6.32. The SMILES string of the molecule is CCCC(C)CCCc1ccc(-c2ccc(C)cc2)c(F)c1F. The van der Waals surface area contributed by atoms with E-state index in [9.17, 15) is 8.78 Å². The molecule has 2 aromatic carbocycles. The van der Waals surface area contributed by atoms with Crippen LogP contribution in [0.15, 0.2) is 36.4 Å². The topological polar surface area (TPSA) is 0 Å². The van der Waals surface area contributed by atoms with Gasteiger partial charge in [-0.05, 0) is 36.8 Å². The molecule has 0 nitrogen and oxygen atoms in total. The van der Waals surface area contributed by atoms with Crippen molar-refractivity contribution >= 4 is 0 Å². The van der Waals surface area contributed by atoms with Gasteiger partial charge in [-0.15, -0.1) is 0 Å². The summed E-state index contributed by atoms with van der Waals surface area (Å²) in [5.74, 6) is -0.765. The molecule has 0 aliphatic carbocycles. The van der Waals surface area contributed by atoms with Gasteiger partial charge in [0.05, 0.1) is 0 Å². The van der Waals surface area contributed by atoms with Crippen molar-refractivity contribution in [3.8, 4) is 11.1 Å². The first-order valence-corrected chi connectivity index (χ1v) is 8.56. The minimum atomic E-state index is -0.729. The first-order chi connectivity index (χ1) is 11.0. The maximum atomic E-state index is 14.4. The van der Waals surface area contributed by atoms with E-state index in [1.807, 2.05) is 31.2 Å². The van der Waals surface area contributed by atoms with Gasteiger partial charge in [-0.3, -0.25) is 0 Å². The van der Waals surface area contributed by atoms with Crippen LogP contribution in [-0.4, -0.2) is 0 Å². The molecule has 1 atom stereocenters. The van der Waals surface area contributed by atoms with Crippen LogP contribution in [0.3, 0.4) is 0 Å². The average molecular weight is 316 g/mol. The third-order valence-electron chi connectivity index (χ3n) is 4.45. The summed E-state index contributed by atoms with van der Waals surface area (Å²) in [7, 11) is 0. The van der Waals surface area contributed by atoms with Crippen LogP contribution in [-0.2, 0) is 6.42 Å². The van der Waals surface area contributed by atoms with Crippen molar-refractivity contribution in [2.75, 3.05) is 0 Å². The molecular formula is C21H26F2. The minimum Gasteiger partial charge on any atom is -0.203 e. The fourth-order valence-electron chi connectivity index (χ4n) is 3.02. The molecule has 23 heavy (non-hydrogen) atoms. The van der Waals surface area contributed by atoms with Crippen molar-refractivity contribution in [1.82, 2.24) is 0 Å². The van der Waals surface area contributed by atoms with E-state index in [-0.39, 0.29) is 0 Å². The zero-order valence-electron chi connectivity index (χ0n) is 14.3. The zero-order valence-corrected chi connectivity index (χ0v) is 14.3. The monoisotopic (exact) mass is 316 g/mol. The van der Waals surface area contributed by atoms with Crippen molar-refractivity contribution in [3.63, 3.8) is 0 Å². The van der Waals surface area contributed by atoms with E-state index < -0.39 is 11.6 Å². The van der Waals surface area contributed by atoms with Crippen molar-refractivity contribution in [2.24, 2.45) is 5.92 Å². The molecule has 0 radical (unpaired) electrons. The number of benzene rings is 2. The van der Waals surface area contributed by atoms with Crippen LogP contribution in [0.4, 0.5) is 8.78 Å². The van der Waals surface area contributed by atoms with E-state index in [1.165, 1.54) is 12.8 Å². The maximum Gasteiger partial charge on any atom is 0.166 e. The van der Waals surface area contributed by atoms with Crippen LogP contribution in [0.1, 0.15) is 50.7 Å². The first-order valence-electron chi connectivity index (χ1n) is 8.56. The normalized spacial score (nSPS) is 12.4. The summed E-state index contributed by atoms with van der Waals surface area (Å²) >= 11 is 0. The van der Waals surface area contributed by atoms with Crippen molar-refractivity contribution < 1.29 is 8.78 Å². The molecule has 124 valence electrons. The highest BCUT2D eigenvalue weighted by molar-refractivity contribution is 5.65. The molecule has 0 saturated carbocycles. The average Bonchev–Trinajstić information content (AvgIpc) is 2.53. The first kappa shape index (κ1) is 17.7. The zero-order chi connectivity index (χ0) is 16.8. The molecule has 0 bridgehead atoms. The molecule has 0 N–H and O–H groups in total. The van der Waals surface area contributed by atoms with Crippen LogP contribution in [0, 0.1) is 24.5 Å². The Morgan fingerprint density at radius 1 is 0.913 bits per heavy atom. The predicted octanol–water partition coefficient (Wildman–Crippen LogP) is 6.70. The van der Waals surface area contributed by atoms with Crippen LogP contribution >= 0.6 is 0 Å². The summed E-state index contributed by atoms with van der Waals surface area (Å²) in [6.07, 6.45) is 4.94. The number of rotatable bonds is 7. The Morgan fingerprint density at radius 2 is 1.61 bits per heavy atom. The second-order valence-electron chi connectivity index (χ2n) is 6.55. The molecule has 0 aliphatic heterocycles. The van der Waals surface area contributed by atoms with E-state index >= 15 is 0 Å². The molecule has 2 rings (SSSR count). The molecule has 2 heteroatoms. The molecule has 0 aromatic heterocycles. The lowest BCUT2D eigenvalue weighted by Gasteiger charge is -2.11. The fraction of sp³-hybridized carbons (Fsp3) is 0.429. The van der Waals surface area contributed by atoms with Crippen LogP contribution < -0.4 is 0 Å². The highest BCUT2D eigenvalue weighted by Crippen LogP contribution is 2.27. The molecular weight excluding hydrogens is 290 g/mol. The maximum absolute atomic E-state index is 14.4. The molecule has 0 amide bonds. The second-order valence-corrected chi connectivity index (χ2v) is 6.55. The van der Waals surface area contributed by atoms with E-state index in [2.05, 4.69) is 13.8 Å². The molecule has 0 saturated heterocycles. The van der Waals surface area contributed by atoms with Crippen molar-refractivity contribution in [3.05, 3.63) is 59.2 Å². The quantitative estimate of drug-likeness (QED) is 0.533. The lowest BCUT2D eigenvalue weighted by Crippen LogP contribution is -2.00. The van der Waals surface area contributed by atoms with Gasteiger partial charge in [0.15, 0.2) is 11.6 Å². The fourth-order valence-corrected chi connectivity index (χ4v) is 3.02. The third kappa shape index (κ3) is 4.63. The molecule has 2 aromatic rings. The Hall–Kier alpha value is -1.70. The van der Waals surface area contributed by atoms with Gasteiger partial charge in [0.2, 0.25) is 0 Å². The van der Waals surface area contributed by atoms with Crippen LogP contribution in [0.2, 0.25) is 0 Å². The smallest absolute Gasteiger partial charge is 0.166 e. The highest BCUT2D eigenvalue weighted by Gasteiger charge is 2.14. The Balaban J connectivity index is 2.10. The summed E-state index contributed by atoms with van der Waals surface area (Å²) in [5, 5.41) is 0. The van der Waals surface area contributed by atoms with E-state index in [4.69, 9.17) is 0 Å². The van der Waals surface area contributed by atoms with E-state index in [0.29, 0.717) is 23.5 Å². The summed E-state index contributed by atoms with van der Waals surface area (Å²) in [5.41, 5.74) is 2.65. The molecule has 0 heterocycles. The van der Waals surface area contributed by atoms with Gasteiger partial charge in [-0.1, -0.05) is 75.1 Å². The van der Waals surface area contributed by atoms with Gasteiger partial charge in [-0.2, -0.15) is 0 Å². The third-order valence-corrected chi connectivity index (χ3v) is 4.45. The molecule has 0 fully saturated rings. The standard InChI is InChI=1S/C21H26F2/c1-4-6-15(2)7-5-8-18-13-14-19(21(23)20(18)22)17-11-9-16(3)10-12-17/h9-15H,4-8H2,1-3H3. The van der Waals surface area contributed by atoms with Gasteiger partial charge < -0.3 is 0 Å². The lowest BCUT2D eigenvalue weighted by molar-refractivity contribution is 0.460. The Bertz CT molecular complexity index is 629. The molecule has 1 unspecified atom stereocenters. The highest BCUT2D eigenvalue weighted by atomic mass is 19.2. The van der Waals surface area contributed by atoms with E-state index in [1.54, 1.807) is 12.1 Å². The number of hydrogen-bond donors (Lipinski definition) is 0. The van der Waals surface area contributed by atoms with Gasteiger partial charge in [0.1, 0.15) is 0 Å². The van der Waals surface area contributed by atoms with Crippen molar-refractivity contribution in [2.45, 2.75) is 52.9 Å². The summed E-state index contributed by atoms with van der Waals surface area (Å²) in [6, 6.07) is 10.9. The lowest BCUT2D eigenvalue weighted by atomic mass is 9.95. The number of hydrogen-bond acceptors (Lipinski definition) is 0. The van der Waals surface area contributed by atoms with Crippen LogP contribution in [0.5, 0.6) is 0 Å². The van der Waals surface area contributed by atoms with Crippen molar-refractivity contribution in [1.29, 1.82) is 0 Å². The van der Waals surface area contributed by atoms with Gasteiger partial charge in [-0.25, -0.2) is 8.78 Å². The van der Waals surface area contributed by atoms with Crippen LogP contribution in [0.25, 0.3) is 11.1 Å². The summed E-state index contributed by atoms with van der Waals surface area (Å²) in [4.78, 5) is 0. The minimum absolute atomic E-state index is 0.339. The Morgan fingerprint density at radius 3 is 2.26 bits per heavy atom. The number of aryl methyl sites for hydroxylation is 2. The van der Waals surface area contributed by atoms with Gasteiger partial charge in [0.25, 0.3) is 0 Å². The summed E-state index contributed by atoms with van der Waals surface area (Å²) < 4.78 is 28.7. The predicted molar refractivity (Wildman–Crippen MR) is 93.5 cm³/mol. The second kappa shape index (κ2) is 8.24. The van der Waals surface area contributed by atoms with E-state index in [0.717, 1.165) is 24.0 Å². The van der Waals surface area contributed by atoms with Gasteiger partial charge in [0, 0.05) is 5.56 Å². The largest absolute Gasteiger partial charge is 0.203 e. The Labute approximate surface area is 138 Å².